The summed E-state index contributed by atoms with van der Waals surface area (Å²) >= 11 is 5.83. The van der Waals surface area contributed by atoms with Crippen LogP contribution in [-0.2, 0) is 9.59 Å². The fourth-order valence-corrected chi connectivity index (χ4v) is 2.40. The average molecular weight is 311 g/mol. The molecule has 0 saturated carbocycles. The number of halogens is 1. The Labute approximate surface area is 128 Å². The Balaban J connectivity index is 2.00. The summed E-state index contributed by atoms with van der Waals surface area (Å²) in [5.41, 5.74) is 6.79. The Bertz CT molecular complexity index is 550. The number of anilines is 2. The Kier molecular flexibility index (Phi) is 5.03. The van der Waals surface area contributed by atoms with Crippen molar-refractivity contribution < 1.29 is 9.59 Å². The van der Waals surface area contributed by atoms with E-state index in [0.717, 1.165) is 0 Å². The second kappa shape index (κ2) is 6.78. The van der Waals surface area contributed by atoms with Crippen LogP contribution in [0.1, 0.15) is 13.3 Å². The van der Waals surface area contributed by atoms with Gasteiger partial charge in [-0.2, -0.15) is 0 Å². The molecule has 0 spiro atoms. The van der Waals surface area contributed by atoms with Crippen LogP contribution in [0.2, 0.25) is 5.02 Å². The third-order valence-electron chi connectivity index (χ3n) is 3.55. The Morgan fingerprint density at radius 2 is 2.24 bits per heavy atom. The summed E-state index contributed by atoms with van der Waals surface area (Å²) in [5.74, 6) is -0.134. The molecule has 1 saturated heterocycles. The van der Waals surface area contributed by atoms with Crippen molar-refractivity contribution in [1.29, 1.82) is 0 Å². The molecule has 1 fully saturated rings. The molecule has 21 heavy (non-hydrogen) atoms. The van der Waals surface area contributed by atoms with Gasteiger partial charge in [-0.25, -0.2) is 0 Å². The molecule has 2 amide bonds. The van der Waals surface area contributed by atoms with E-state index in [1.165, 1.54) is 0 Å². The first kappa shape index (κ1) is 15.6. The van der Waals surface area contributed by atoms with Crippen LogP contribution in [0.4, 0.5) is 11.4 Å². The molecule has 7 heteroatoms. The molecule has 114 valence electrons. The minimum Gasteiger partial charge on any atom is -0.397 e. The maximum absolute atomic E-state index is 12.3. The summed E-state index contributed by atoms with van der Waals surface area (Å²) < 4.78 is 0. The number of carbonyl (C=O) groups is 2. The Hall–Kier alpha value is -1.79. The van der Waals surface area contributed by atoms with Crippen LogP contribution < -0.4 is 16.4 Å². The second-order valence-corrected chi connectivity index (χ2v) is 5.47. The van der Waals surface area contributed by atoms with Gasteiger partial charge in [0.1, 0.15) is 0 Å². The molecule has 2 rings (SSSR count). The SMILES string of the molecule is CC(C(=O)Nc1ccc(Cl)cc1N)N1CCNC(=O)CC1. The zero-order chi connectivity index (χ0) is 15.4. The van der Waals surface area contributed by atoms with Crippen molar-refractivity contribution in [3.63, 3.8) is 0 Å². The van der Waals surface area contributed by atoms with Crippen molar-refractivity contribution in [2.45, 2.75) is 19.4 Å². The average Bonchev–Trinajstić information content (AvgIpc) is 2.66. The van der Waals surface area contributed by atoms with Gasteiger partial charge >= 0.3 is 0 Å². The molecule has 0 aliphatic carbocycles. The molecule has 6 nitrogen and oxygen atoms in total. The van der Waals surface area contributed by atoms with Crippen molar-refractivity contribution in [3.8, 4) is 0 Å². The van der Waals surface area contributed by atoms with Gasteiger partial charge in [0.2, 0.25) is 11.8 Å². The van der Waals surface area contributed by atoms with Crippen LogP contribution in [-0.4, -0.2) is 42.4 Å². The standard InChI is InChI=1S/C14H19ClN4O2/c1-9(19-6-4-13(20)17-5-7-19)14(21)18-12-3-2-10(15)8-11(12)16/h2-3,8-9H,4-7,16H2,1H3,(H,17,20)(H,18,21). The molecule has 1 atom stereocenters. The minimum atomic E-state index is -0.340. The smallest absolute Gasteiger partial charge is 0.241 e. The first-order valence-corrected chi connectivity index (χ1v) is 7.22. The maximum atomic E-state index is 12.3. The molecule has 1 aliphatic heterocycles. The number of nitrogens with zero attached hydrogens (tertiary/aromatic N) is 1. The van der Waals surface area contributed by atoms with Gasteiger partial charge in [-0.05, 0) is 25.1 Å². The van der Waals surface area contributed by atoms with E-state index >= 15 is 0 Å². The van der Waals surface area contributed by atoms with Crippen LogP contribution in [0.15, 0.2) is 18.2 Å². The molecular weight excluding hydrogens is 292 g/mol. The van der Waals surface area contributed by atoms with Gasteiger partial charge in [-0.1, -0.05) is 11.6 Å². The fourth-order valence-electron chi connectivity index (χ4n) is 2.22. The zero-order valence-electron chi connectivity index (χ0n) is 11.9. The van der Waals surface area contributed by atoms with Crippen LogP contribution in [0.5, 0.6) is 0 Å². The molecule has 0 radical (unpaired) electrons. The highest BCUT2D eigenvalue weighted by atomic mass is 35.5. The number of hydrogen-bond acceptors (Lipinski definition) is 4. The molecule has 1 aliphatic rings. The lowest BCUT2D eigenvalue weighted by Gasteiger charge is -2.26. The summed E-state index contributed by atoms with van der Waals surface area (Å²) in [6, 6.07) is 4.60. The summed E-state index contributed by atoms with van der Waals surface area (Å²) in [7, 11) is 0. The first-order valence-electron chi connectivity index (χ1n) is 6.84. The number of nitrogens with two attached hydrogens (primary N) is 1. The van der Waals surface area contributed by atoms with Crippen LogP contribution in [0, 0.1) is 0 Å². The quantitative estimate of drug-likeness (QED) is 0.729. The van der Waals surface area contributed by atoms with Gasteiger partial charge < -0.3 is 16.4 Å². The van der Waals surface area contributed by atoms with Crippen molar-refractivity contribution in [2.24, 2.45) is 0 Å². The van der Waals surface area contributed by atoms with E-state index in [4.69, 9.17) is 17.3 Å². The predicted molar refractivity (Wildman–Crippen MR) is 83.2 cm³/mol. The lowest BCUT2D eigenvalue weighted by molar-refractivity contribution is -0.122. The van der Waals surface area contributed by atoms with Crippen LogP contribution >= 0.6 is 11.6 Å². The maximum Gasteiger partial charge on any atom is 0.241 e. The summed E-state index contributed by atoms with van der Waals surface area (Å²) in [6.07, 6.45) is 0.403. The molecule has 1 heterocycles. The second-order valence-electron chi connectivity index (χ2n) is 5.03. The van der Waals surface area contributed by atoms with E-state index in [-0.39, 0.29) is 17.9 Å². The number of nitrogens with one attached hydrogen (secondary N) is 2. The zero-order valence-corrected chi connectivity index (χ0v) is 12.6. The molecule has 1 aromatic carbocycles. The number of carbonyl (C=O) groups excluding carboxylic acids is 2. The van der Waals surface area contributed by atoms with E-state index in [2.05, 4.69) is 10.6 Å². The Morgan fingerprint density at radius 1 is 1.48 bits per heavy atom. The van der Waals surface area contributed by atoms with E-state index in [0.29, 0.717) is 42.5 Å². The Morgan fingerprint density at radius 3 is 2.95 bits per heavy atom. The van der Waals surface area contributed by atoms with Crippen LogP contribution in [0.3, 0.4) is 0 Å². The van der Waals surface area contributed by atoms with Crippen LogP contribution in [0.25, 0.3) is 0 Å². The van der Waals surface area contributed by atoms with Crippen molar-refractivity contribution in [3.05, 3.63) is 23.2 Å². The van der Waals surface area contributed by atoms with E-state index in [1.807, 2.05) is 11.8 Å². The molecule has 0 aromatic heterocycles. The first-order chi connectivity index (χ1) is 9.97. The normalized spacial score (nSPS) is 17.7. The molecular formula is C14H19ClN4O2. The summed E-state index contributed by atoms with van der Waals surface area (Å²) in [4.78, 5) is 25.6. The summed E-state index contributed by atoms with van der Waals surface area (Å²) in [6.45, 7) is 3.59. The van der Waals surface area contributed by atoms with Crippen molar-refractivity contribution >= 4 is 34.8 Å². The third-order valence-corrected chi connectivity index (χ3v) is 3.78. The predicted octanol–water partition coefficient (Wildman–Crippen LogP) is 1.07. The van der Waals surface area contributed by atoms with Gasteiger partial charge in [0.05, 0.1) is 17.4 Å². The molecule has 4 N–H and O–H groups in total. The highest BCUT2D eigenvalue weighted by Crippen LogP contribution is 2.23. The van der Waals surface area contributed by atoms with Gasteiger partial charge in [-0.3, -0.25) is 14.5 Å². The number of amides is 2. The number of hydrogen-bond donors (Lipinski definition) is 3. The van der Waals surface area contributed by atoms with Gasteiger partial charge in [0.15, 0.2) is 0 Å². The summed E-state index contributed by atoms with van der Waals surface area (Å²) in [5, 5.41) is 6.11. The fraction of sp³-hybridized carbons (Fsp3) is 0.429. The van der Waals surface area contributed by atoms with Crippen molar-refractivity contribution in [2.75, 3.05) is 30.7 Å². The number of benzene rings is 1. The largest absolute Gasteiger partial charge is 0.397 e. The van der Waals surface area contributed by atoms with Gasteiger partial charge in [0.25, 0.3) is 0 Å². The minimum absolute atomic E-state index is 0.0204. The third kappa shape index (κ3) is 4.09. The topological polar surface area (TPSA) is 87.5 Å². The highest BCUT2D eigenvalue weighted by Gasteiger charge is 2.24. The van der Waals surface area contributed by atoms with Crippen molar-refractivity contribution in [1.82, 2.24) is 10.2 Å². The lowest BCUT2D eigenvalue weighted by atomic mass is 10.2. The van der Waals surface area contributed by atoms with E-state index in [1.54, 1.807) is 18.2 Å². The van der Waals surface area contributed by atoms with Gasteiger partial charge in [0, 0.05) is 31.1 Å². The lowest BCUT2D eigenvalue weighted by Crippen LogP contribution is -2.43. The van der Waals surface area contributed by atoms with E-state index in [9.17, 15) is 9.59 Å². The monoisotopic (exact) mass is 310 g/mol. The molecule has 1 unspecified atom stereocenters. The van der Waals surface area contributed by atoms with Gasteiger partial charge in [-0.15, -0.1) is 0 Å². The number of rotatable bonds is 3. The molecule has 1 aromatic rings. The highest BCUT2D eigenvalue weighted by molar-refractivity contribution is 6.31. The number of nitrogen functional groups attached to an aromatic ring is 1. The molecule has 0 bridgehead atoms. The van der Waals surface area contributed by atoms with E-state index < -0.39 is 0 Å².